The van der Waals surface area contributed by atoms with Crippen LogP contribution in [0.25, 0.3) is 22.3 Å². The molecule has 2 heterocycles. The molecule has 4 rings (SSSR count). The number of aryl methyl sites for hydroxylation is 1. The summed E-state index contributed by atoms with van der Waals surface area (Å²) in [5, 5.41) is 5.18. The van der Waals surface area contributed by atoms with Crippen LogP contribution < -0.4 is 11.0 Å². The van der Waals surface area contributed by atoms with Gasteiger partial charge in [0.2, 0.25) is 5.91 Å². The van der Waals surface area contributed by atoms with E-state index < -0.39 is 0 Å². The van der Waals surface area contributed by atoms with Gasteiger partial charge in [0, 0.05) is 10.9 Å². The van der Waals surface area contributed by atoms with Gasteiger partial charge in [-0.2, -0.15) is 0 Å². The minimum Gasteiger partial charge on any atom is -0.306 e. The molecule has 0 fully saturated rings. The van der Waals surface area contributed by atoms with Crippen molar-refractivity contribution in [3.8, 4) is 11.3 Å². The number of hydrogen-bond acceptors (Lipinski definition) is 4. The zero-order valence-electron chi connectivity index (χ0n) is 14.0. The highest BCUT2D eigenvalue weighted by Gasteiger charge is 2.12. The van der Waals surface area contributed by atoms with Crippen LogP contribution in [0.4, 0.5) is 5.13 Å². The number of carbonyl (C=O) groups is 1. The molecule has 7 heteroatoms. The summed E-state index contributed by atoms with van der Waals surface area (Å²) in [5.41, 5.74) is 4.10. The van der Waals surface area contributed by atoms with E-state index in [9.17, 15) is 9.59 Å². The van der Waals surface area contributed by atoms with E-state index in [0.29, 0.717) is 16.2 Å². The molecule has 2 N–H and O–H groups in total. The molecule has 2 aromatic heterocycles. The number of aromatic nitrogens is 3. The monoisotopic (exact) mass is 364 g/mol. The van der Waals surface area contributed by atoms with Crippen LogP contribution in [0, 0.1) is 6.92 Å². The molecule has 0 unspecified atom stereocenters. The minimum atomic E-state index is -0.305. The zero-order valence-corrected chi connectivity index (χ0v) is 14.8. The van der Waals surface area contributed by atoms with Gasteiger partial charge in [-0.1, -0.05) is 42.0 Å². The summed E-state index contributed by atoms with van der Waals surface area (Å²) in [5.74, 6) is -0.290. The third-order valence-electron chi connectivity index (χ3n) is 4.08. The maximum absolute atomic E-state index is 12.3. The number of carbonyl (C=O) groups excluding carboxylic acids is 1. The Morgan fingerprint density at radius 1 is 1.19 bits per heavy atom. The summed E-state index contributed by atoms with van der Waals surface area (Å²) in [6, 6.07) is 15.3. The third-order valence-corrected chi connectivity index (χ3v) is 4.84. The number of thiazole rings is 1. The summed E-state index contributed by atoms with van der Waals surface area (Å²) in [6.07, 6.45) is 0. The Labute approximate surface area is 153 Å². The minimum absolute atomic E-state index is 0.0672. The summed E-state index contributed by atoms with van der Waals surface area (Å²) >= 11 is 1.36. The number of H-pyrrole nitrogens is 1. The van der Waals surface area contributed by atoms with Crippen molar-refractivity contribution < 1.29 is 4.79 Å². The van der Waals surface area contributed by atoms with Crippen LogP contribution in [0.15, 0.2) is 58.7 Å². The predicted octanol–water partition coefficient (Wildman–Crippen LogP) is 3.40. The van der Waals surface area contributed by atoms with Gasteiger partial charge in [0.15, 0.2) is 5.13 Å². The summed E-state index contributed by atoms with van der Waals surface area (Å²) < 4.78 is 1.42. The van der Waals surface area contributed by atoms with Crippen molar-refractivity contribution in [2.75, 3.05) is 5.32 Å². The fourth-order valence-corrected chi connectivity index (χ4v) is 3.49. The first-order chi connectivity index (χ1) is 12.6. The van der Waals surface area contributed by atoms with Gasteiger partial charge >= 0.3 is 5.69 Å². The Morgan fingerprint density at radius 2 is 1.96 bits per heavy atom. The van der Waals surface area contributed by atoms with Crippen molar-refractivity contribution in [1.29, 1.82) is 0 Å². The molecular weight excluding hydrogens is 348 g/mol. The van der Waals surface area contributed by atoms with Crippen LogP contribution in [0.5, 0.6) is 0 Å². The lowest BCUT2D eigenvalue weighted by molar-refractivity contribution is -0.116. The van der Waals surface area contributed by atoms with E-state index >= 15 is 0 Å². The number of anilines is 1. The molecule has 0 saturated carbocycles. The fraction of sp³-hybridized carbons (Fsp3) is 0.105. The van der Waals surface area contributed by atoms with E-state index in [1.165, 1.54) is 21.5 Å². The van der Waals surface area contributed by atoms with Gasteiger partial charge in [-0.05, 0) is 19.1 Å². The lowest BCUT2D eigenvalue weighted by Crippen LogP contribution is -2.25. The molecule has 0 aliphatic rings. The van der Waals surface area contributed by atoms with Crippen molar-refractivity contribution in [2.45, 2.75) is 13.5 Å². The molecular formula is C19H16N4O2S. The number of benzene rings is 2. The second kappa shape index (κ2) is 6.61. The molecule has 1 amide bonds. The second-order valence-corrected chi connectivity index (χ2v) is 6.84. The summed E-state index contributed by atoms with van der Waals surface area (Å²) in [7, 11) is 0. The number of nitrogens with zero attached hydrogens (tertiary/aromatic N) is 2. The number of aromatic amines is 1. The van der Waals surface area contributed by atoms with Gasteiger partial charge in [-0.15, -0.1) is 11.3 Å². The first-order valence-electron chi connectivity index (χ1n) is 8.10. The van der Waals surface area contributed by atoms with Gasteiger partial charge in [-0.3, -0.25) is 9.36 Å². The SMILES string of the molecule is Cc1ccc(-c2csc(NC(=O)Cn3c(=O)[nH]c4ccccc43)n2)cc1. The highest BCUT2D eigenvalue weighted by atomic mass is 32.1. The Hall–Kier alpha value is -3.19. The van der Waals surface area contributed by atoms with E-state index in [0.717, 1.165) is 11.3 Å². The van der Waals surface area contributed by atoms with Gasteiger partial charge in [0.1, 0.15) is 6.54 Å². The van der Waals surface area contributed by atoms with E-state index in [2.05, 4.69) is 15.3 Å². The lowest BCUT2D eigenvalue weighted by atomic mass is 10.1. The number of amides is 1. The molecule has 0 bridgehead atoms. The number of hydrogen-bond donors (Lipinski definition) is 2. The van der Waals surface area contributed by atoms with Gasteiger partial charge in [-0.25, -0.2) is 9.78 Å². The lowest BCUT2D eigenvalue weighted by Gasteiger charge is -2.03. The fourth-order valence-electron chi connectivity index (χ4n) is 2.75. The van der Waals surface area contributed by atoms with Crippen LogP contribution >= 0.6 is 11.3 Å². The Kier molecular flexibility index (Phi) is 4.14. The highest BCUT2D eigenvalue weighted by Crippen LogP contribution is 2.25. The zero-order chi connectivity index (χ0) is 18.1. The van der Waals surface area contributed by atoms with Gasteiger partial charge in [0.05, 0.1) is 16.7 Å². The smallest absolute Gasteiger partial charge is 0.306 e. The van der Waals surface area contributed by atoms with Crippen LogP contribution in [-0.4, -0.2) is 20.4 Å². The number of imidazole rings is 1. The molecule has 130 valence electrons. The first-order valence-corrected chi connectivity index (χ1v) is 8.98. The Morgan fingerprint density at radius 3 is 2.77 bits per heavy atom. The molecule has 26 heavy (non-hydrogen) atoms. The largest absolute Gasteiger partial charge is 0.326 e. The Bertz CT molecular complexity index is 1140. The van der Waals surface area contributed by atoms with Crippen molar-refractivity contribution in [1.82, 2.24) is 14.5 Å². The maximum atomic E-state index is 12.3. The number of rotatable bonds is 4. The van der Waals surface area contributed by atoms with Crippen LogP contribution in [0.2, 0.25) is 0 Å². The van der Waals surface area contributed by atoms with Gasteiger partial charge in [0.25, 0.3) is 0 Å². The molecule has 6 nitrogen and oxygen atoms in total. The quantitative estimate of drug-likeness (QED) is 0.582. The molecule has 0 aliphatic heterocycles. The van der Waals surface area contributed by atoms with E-state index in [-0.39, 0.29) is 18.1 Å². The molecule has 0 saturated heterocycles. The number of para-hydroxylation sites is 2. The molecule has 0 atom stereocenters. The molecule has 0 radical (unpaired) electrons. The van der Waals surface area contributed by atoms with Crippen molar-refractivity contribution in [2.24, 2.45) is 0 Å². The van der Waals surface area contributed by atoms with Crippen molar-refractivity contribution in [3.05, 3.63) is 70.0 Å². The molecule has 0 aliphatic carbocycles. The summed E-state index contributed by atoms with van der Waals surface area (Å²) in [6.45, 7) is 1.96. The van der Waals surface area contributed by atoms with Gasteiger partial charge < -0.3 is 10.3 Å². The van der Waals surface area contributed by atoms with Crippen LogP contribution in [0.1, 0.15) is 5.56 Å². The number of fused-ring (bicyclic) bond motifs is 1. The van der Waals surface area contributed by atoms with E-state index in [1.54, 1.807) is 12.1 Å². The topological polar surface area (TPSA) is 79.8 Å². The van der Waals surface area contributed by atoms with E-state index in [4.69, 9.17) is 0 Å². The average molecular weight is 364 g/mol. The molecule has 4 aromatic rings. The molecule has 2 aromatic carbocycles. The normalized spacial score (nSPS) is 11.0. The number of nitrogens with one attached hydrogen (secondary N) is 2. The van der Waals surface area contributed by atoms with Crippen molar-refractivity contribution in [3.63, 3.8) is 0 Å². The van der Waals surface area contributed by atoms with Crippen molar-refractivity contribution >= 4 is 33.4 Å². The third kappa shape index (κ3) is 3.16. The van der Waals surface area contributed by atoms with Crippen LogP contribution in [-0.2, 0) is 11.3 Å². The first kappa shape index (κ1) is 16.3. The Balaban J connectivity index is 1.51. The highest BCUT2D eigenvalue weighted by molar-refractivity contribution is 7.14. The predicted molar refractivity (Wildman–Crippen MR) is 103 cm³/mol. The van der Waals surface area contributed by atoms with E-state index in [1.807, 2.05) is 48.7 Å². The second-order valence-electron chi connectivity index (χ2n) is 5.99. The summed E-state index contributed by atoms with van der Waals surface area (Å²) in [4.78, 5) is 31.6. The van der Waals surface area contributed by atoms with Crippen LogP contribution in [0.3, 0.4) is 0 Å². The maximum Gasteiger partial charge on any atom is 0.326 e. The average Bonchev–Trinajstić information content (AvgIpc) is 3.21. The standard InChI is InChI=1S/C19H16N4O2S/c1-12-6-8-13(9-7-12)15-11-26-18(20-15)22-17(24)10-23-16-5-3-2-4-14(16)21-19(23)25/h2-9,11H,10H2,1H3,(H,21,25)(H,20,22,24). The molecule has 0 spiro atoms.